The van der Waals surface area contributed by atoms with Crippen molar-refractivity contribution in [1.29, 1.82) is 0 Å². The summed E-state index contributed by atoms with van der Waals surface area (Å²) >= 11 is 6.03. The number of halogens is 1. The summed E-state index contributed by atoms with van der Waals surface area (Å²) in [7, 11) is 0. The molecule has 0 radical (unpaired) electrons. The van der Waals surface area contributed by atoms with Crippen LogP contribution in [0, 0.1) is 11.3 Å². The molecule has 1 fully saturated rings. The first kappa shape index (κ1) is 33.4. The largest absolute Gasteiger partial charge is 0.466 e. The molecule has 0 aromatic heterocycles. The van der Waals surface area contributed by atoms with Crippen LogP contribution < -0.4 is 10.6 Å². The van der Waals surface area contributed by atoms with Gasteiger partial charge in [0.1, 0.15) is 11.6 Å². The van der Waals surface area contributed by atoms with Gasteiger partial charge in [0.15, 0.2) is 0 Å². The van der Waals surface area contributed by atoms with Gasteiger partial charge in [-0.2, -0.15) is 0 Å². The molecule has 10 nitrogen and oxygen atoms in total. The van der Waals surface area contributed by atoms with Crippen LogP contribution in [-0.4, -0.2) is 71.8 Å². The maximum Gasteiger partial charge on any atom is 0.315 e. The van der Waals surface area contributed by atoms with Gasteiger partial charge in [0.2, 0.25) is 5.91 Å². The topological polar surface area (TPSA) is 134 Å². The highest BCUT2D eigenvalue weighted by molar-refractivity contribution is 6.30. The van der Waals surface area contributed by atoms with Gasteiger partial charge in [0.05, 0.1) is 31.6 Å². The van der Waals surface area contributed by atoms with Crippen LogP contribution in [0.15, 0.2) is 24.3 Å². The van der Waals surface area contributed by atoms with Gasteiger partial charge in [0, 0.05) is 23.5 Å². The minimum Gasteiger partial charge on any atom is -0.466 e. The normalized spacial score (nSPS) is 19.5. The Morgan fingerprint density at radius 1 is 1.10 bits per heavy atom. The molecule has 0 aliphatic carbocycles. The Morgan fingerprint density at radius 2 is 1.70 bits per heavy atom. The van der Waals surface area contributed by atoms with Gasteiger partial charge >= 0.3 is 18.0 Å². The highest BCUT2D eigenvalue weighted by atomic mass is 35.5. The summed E-state index contributed by atoms with van der Waals surface area (Å²) in [6.45, 7) is 13.3. The fourth-order valence-corrected chi connectivity index (χ4v) is 4.93. The number of ether oxygens (including phenoxy) is 2. The molecular formula is C29H44ClN3O7. The molecule has 1 heterocycles. The third-order valence-corrected chi connectivity index (χ3v) is 7.46. The van der Waals surface area contributed by atoms with Gasteiger partial charge in [-0.1, -0.05) is 51.4 Å². The van der Waals surface area contributed by atoms with Crippen LogP contribution in [0.2, 0.25) is 5.02 Å². The fourth-order valence-electron chi connectivity index (χ4n) is 4.80. The average molecular weight is 582 g/mol. The molecule has 1 aromatic rings. The lowest BCUT2D eigenvalue weighted by Crippen LogP contribution is -2.61. The van der Waals surface area contributed by atoms with Crippen LogP contribution in [-0.2, 0) is 29.5 Å². The number of nitrogens with one attached hydrogen (secondary N) is 2. The second-order valence-electron chi connectivity index (χ2n) is 11.8. The number of benzene rings is 1. The molecule has 1 saturated heterocycles. The zero-order valence-corrected chi connectivity index (χ0v) is 25.4. The Kier molecular flexibility index (Phi) is 11.4. The lowest BCUT2D eigenvalue weighted by molar-refractivity contribution is -0.158. The van der Waals surface area contributed by atoms with E-state index < -0.39 is 40.6 Å². The van der Waals surface area contributed by atoms with Crippen LogP contribution in [0.1, 0.15) is 73.3 Å². The van der Waals surface area contributed by atoms with E-state index in [0.717, 1.165) is 5.56 Å². The molecule has 2 rings (SSSR count). The summed E-state index contributed by atoms with van der Waals surface area (Å²) in [5, 5.41) is 17.6. The number of carbonyl (C=O) groups is 4. The lowest BCUT2D eigenvalue weighted by Gasteiger charge is -2.51. The van der Waals surface area contributed by atoms with E-state index in [4.69, 9.17) is 21.1 Å². The van der Waals surface area contributed by atoms with Crippen LogP contribution >= 0.6 is 11.6 Å². The van der Waals surface area contributed by atoms with Crippen molar-refractivity contribution < 1.29 is 33.8 Å². The number of hydrogen-bond donors (Lipinski definition) is 3. The highest BCUT2D eigenvalue weighted by Crippen LogP contribution is 2.46. The summed E-state index contributed by atoms with van der Waals surface area (Å²) < 4.78 is 10.2. The summed E-state index contributed by atoms with van der Waals surface area (Å²) in [6, 6.07) is 5.73. The molecule has 0 saturated carbocycles. The zero-order valence-electron chi connectivity index (χ0n) is 24.6. The molecule has 2 atom stereocenters. The molecule has 1 aliphatic heterocycles. The first-order valence-electron chi connectivity index (χ1n) is 13.7. The van der Waals surface area contributed by atoms with Crippen LogP contribution in [0.25, 0.3) is 0 Å². The third kappa shape index (κ3) is 8.83. The molecule has 3 amide bonds. The zero-order chi connectivity index (χ0) is 30.3. The first-order valence-corrected chi connectivity index (χ1v) is 14.1. The van der Waals surface area contributed by atoms with E-state index in [2.05, 4.69) is 10.6 Å². The summed E-state index contributed by atoms with van der Waals surface area (Å²) in [5.74, 6) is -1.50. The molecule has 3 N–H and O–H groups in total. The predicted molar refractivity (Wildman–Crippen MR) is 152 cm³/mol. The van der Waals surface area contributed by atoms with Gasteiger partial charge < -0.3 is 30.1 Å². The van der Waals surface area contributed by atoms with Gasteiger partial charge in [-0.15, -0.1) is 0 Å². The van der Waals surface area contributed by atoms with Crippen LogP contribution in [0.4, 0.5) is 4.79 Å². The number of carbonyl (C=O) groups excluding carboxylic acids is 4. The van der Waals surface area contributed by atoms with Crippen molar-refractivity contribution in [3.63, 3.8) is 0 Å². The molecule has 1 aromatic carbocycles. The smallest absolute Gasteiger partial charge is 0.315 e. The van der Waals surface area contributed by atoms with Gasteiger partial charge in [-0.05, 0) is 50.8 Å². The average Bonchev–Trinajstić information content (AvgIpc) is 2.86. The second-order valence-corrected chi connectivity index (χ2v) is 12.3. The number of amides is 3. The highest BCUT2D eigenvalue weighted by Gasteiger charge is 2.50. The standard InChI is InChI=1S/C29H44ClN3O7/c1-8-39-22(34)13-14-23(35)40-28(6,7)17-31-26(37)32-24(19(2)3)25(36)33-16-15-29(38,27(4,5)18-33)20-9-11-21(30)12-10-20/h9-12,19,24,38H,8,13-18H2,1-7H3,(H2,31,32,37)/t24?,29-/m0/s1. The van der Waals surface area contributed by atoms with Crippen molar-refractivity contribution in [2.24, 2.45) is 11.3 Å². The van der Waals surface area contributed by atoms with Gasteiger partial charge in [0.25, 0.3) is 0 Å². The number of likely N-dealkylation sites (tertiary alicyclic amines) is 1. The molecule has 1 aliphatic rings. The molecule has 1 unspecified atom stereocenters. The number of aliphatic hydroxyl groups is 1. The van der Waals surface area contributed by atoms with Crippen molar-refractivity contribution >= 4 is 35.5 Å². The Hall–Kier alpha value is -2.85. The molecule has 11 heteroatoms. The van der Waals surface area contributed by atoms with E-state index in [-0.39, 0.29) is 37.8 Å². The van der Waals surface area contributed by atoms with Crippen molar-refractivity contribution in [1.82, 2.24) is 15.5 Å². The number of rotatable bonds is 11. The Morgan fingerprint density at radius 3 is 2.25 bits per heavy atom. The van der Waals surface area contributed by atoms with E-state index in [0.29, 0.717) is 24.5 Å². The van der Waals surface area contributed by atoms with Gasteiger partial charge in [-0.3, -0.25) is 14.4 Å². The minimum absolute atomic E-state index is 0.00610. The minimum atomic E-state index is -1.15. The third-order valence-electron chi connectivity index (χ3n) is 7.21. The number of urea groups is 1. The van der Waals surface area contributed by atoms with Crippen molar-refractivity contribution in [2.45, 2.75) is 85.0 Å². The van der Waals surface area contributed by atoms with E-state index >= 15 is 0 Å². The Bertz CT molecular complexity index is 1060. The van der Waals surface area contributed by atoms with E-state index in [1.807, 2.05) is 39.8 Å². The van der Waals surface area contributed by atoms with Crippen LogP contribution in [0.5, 0.6) is 0 Å². The maximum atomic E-state index is 13.6. The van der Waals surface area contributed by atoms with E-state index in [1.54, 1.807) is 37.8 Å². The fraction of sp³-hybridized carbons (Fsp3) is 0.655. The molecule has 224 valence electrons. The van der Waals surface area contributed by atoms with Crippen molar-refractivity contribution in [3.05, 3.63) is 34.9 Å². The first-order chi connectivity index (χ1) is 18.5. The number of hydrogen-bond acceptors (Lipinski definition) is 7. The molecule has 0 spiro atoms. The number of piperidine rings is 1. The molecule has 40 heavy (non-hydrogen) atoms. The second kappa shape index (κ2) is 13.7. The van der Waals surface area contributed by atoms with Crippen molar-refractivity contribution in [3.8, 4) is 0 Å². The van der Waals surface area contributed by atoms with Crippen molar-refractivity contribution in [2.75, 3.05) is 26.2 Å². The van der Waals surface area contributed by atoms with E-state index in [9.17, 15) is 24.3 Å². The molecular weight excluding hydrogens is 538 g/mol. The Balaban J connectivity index is 1.96. The monoisotopic (exact) mass is 581 g/mol. The van der Waals surface area contributed by atoms with Gasteiger partial charge in [-0.25, -0.2) is 4.79 Å². The van der Waals surface area contributed by atoms with Crippen LogP contribution in [0.3, 0.4) is 0 Å². The summed E-state index contributed by atoms with van der Waals surface area (Å²) in [6.07, 6.45) is 0.122. The Labute approximate surface area is 242 Å². The summed E-state index contributed by atoms with van der Waals surface area (Å²) in [5.41, 5.74) is -2.11. The quantitative estimate of drug-likeness (QED) is 0.339. The SMILES string of the molecule is CCOC(=O)CCC(=O)OC(C)(C)CNC(=O)NC(C(=O)N1CC[C@](O)(c2ccc(Cl)cc2)C(C)(C)C1)C(C)C. The number of nitrogens with zero attached hydrogens (tertiary/aromatic N) is 1. The molecule has 0 bridgehead atoms. The summed E-state index contributed by atoms with van der Waals surface area (Å²) in [4.78, 5) is 51.6. The van der Waals surface area contributed by atoms with E-state index in [1.165, 1.54) is 0 Å². The number of esters is 2. The lowest BCUT2D eigenvalue weighted by atomic mass is 9.66. The maximum absolute atomic E-state index is 13.6. The predicted octanol–water partition coefficient (Wildman–Crippen LogP) is 3.78.